The maximum atomic E-state index is 12.9. The van der Waals surface area contributed by atoms with Crippen LogP contribution in [0.5, 0.6) is 0 Å². The number of aliphatic hydroxyl groups is 1. The summed E-state index contributed by atoms with van der Waals surface area (Å²) in [7, 11) is 0. The average Bonchev–Trinajstić information content (AvgIpc) is 3.26. The van der Waals surface area contributed by atoms with Gasteiger partial charge in [0, 0.05) is 10.4 Å². The first-order valence-corrected chi connectivity index (χ1v) is 10.4. The van der Waals surface area contributed by atoms with Crippen LogP contribution in [-0.4, -0.2) is 27.6 Å². The number of nitrogens with zero attached hydrogens (tertiary/aromatic N) is 2. The molecule has 1 unspecified atom stereocenters. The van der Waals surface area contributed by atoms with Crippen LogP contribution in [0.2, 0.25) is 5.02 Å². The third-order valence-corrected chi connectivity index (χ3v) is 5.63. The Morgan fingerprint density at radius 2 is 1.83 bits per heavy atom. The fourth-order valence-electron chi connectivity index (χ4n) is 3.10. The third kappa shape index (κ3) is 4.57. The van der Waals surface area contributed by atoms with Gasteiger partial charge in [-0.25, -0.2) is 4.68 Å². The second kappa shape index (κ2) is 8.88. The summed E-state index contributed by atoms with van der Waals surface area (Å²) in [5.74, 6) is 0. The normalized spacial score (nSPS) is 12.3. The molecule has 7 heteroatoms. The molecule has 29 heavy (non-hydrogen) atoms. The number of fused-ring (bicyclic) bond motifs is 1. The van der Waals surface area contributed by atoms with Gasteiger partial charge < -0.3 is 9.84 Å². The number of aliphatic hydroxyl groups excluding tert-OH is 1. The summed E-state index contributed by atoms with van der Waals surface area (Å²) in [5, 5.41) is 19.0. The van der Waals surface area contributed by atoms with Gasteiger partial charge in [0.1, 0.15) is 5.69 Å². The molecule has 2 aromatic carbocycles. The molecule has 4 rings (SSSR count). The number of benzene rings is 2. The molecule has 0 aliphatic carbocycles. The van der Waals surface area contributed by atoms with Gasteiger partial charge in [-0.2, -0.15) is 5.10 Å². The van der Waals surface area contributed by atoms with Crippen molar-refractivity contribution < 1.29 is 9.84 Å². The minimum Gasteiger partial charge on any atom is -0.389 e. The molecular formula is C22H19ClN2O3S. The lowest BCUT2D eigenvalue weighted by molar-refractivity contribution is 0.0181. The predicted molar refractivity (Wildman–Crippen MR) is 116 cm³/mol. The van der Waals surface area contributed by atoms with E-state index in [9.17, 15) is 9.90 Å². The molecular weight excluding hydrogens is 408 g/mol. The molecule has 0 spiro atoms. The quantitative estimate of drug-likeness (QED) is 0.477. The summed E-state index contributed by atoms with van der Waals surface area (Å²) in [6, 6.07) is 18.7. The Balaban J connectivity index is 1.52. The van der Waals surface area contributed by atoms with Gasteiger partial charge in [0.05, 0.1) is 36.1 Å². The van der Waals surface area contributed by atoms with Crippen LogP contribution in [0.15, 0.2) is 70.8 Å². The first kappa shape index (κ1) is 19.8. The first-order valence-electron chi connectivity index (χ1n) is 9.16. The SMILES string of the molecule is O=c1c2ccccc2c(-c2cccs2)nn1CC(O)COCc1ccc(Cl)cc1. The van der Waals surface area contributed by atoms with Crippen molar-refractivity contribution in [2.75, 3.05) is 6.61 Å². The molecule has 0 radical (unpaired) electrons. The van der Waals surface area contributed by atoms with Crippen LogP contribution in [-0.2, 0) is 17.9 Å². The summed E-state index contributed by atoms with van der Waals surface area (Å²) >= 11 is 7.44. The molecule has 0 aliphatic heterocycles. The Morgan fingerprint density at radius 3 is 2.55 bits per heavy atom. The highest BCUT2D eigenvalue weighted by molar-refractivity contribution is 7.13. The smallest absolute Gasteiger partial charge is 0.274 e. The molecule has 0 bridgehead atoms. The molecule has 4 aromatic rings. The monoisotopic (exact) mass is 426 g/mol. The first-order chi connectivity index (χ1) is 14.1. The van der Waals surface area contributed by atoms with Crippen LogP contribution in [0.25, 0.3) is 21.3 Å². The van der Waals surface area contributed by atoms with E-state index in [-0.39, 0.29) is 18.7 Å². The van der Waals surface area contributed by atoms with Crippen molar-refractivity contribution in [3.05, 3.63) is 87.0 Å². The van der Waals surface area contributed by atoms with Gasteiger partial charge >= 0.3 is 0 Å². The minimum absolute atomic E-state index is 0.0582. The number of hydrogen-bond acceptors (Lipinski definition) is 5. The van der Waals surface area contributed by atoms with E-state index >= 15 is 0 Å². The zero-order valence-electron chi connectivity index (χ0n) is 15.5. The van der Waals surface area contributed by atoms with Crippen molar-refractivity contribution in [1.82, 2.24) is 9.78 Å². The molecule has 5 nitrogen and oxygen atoms in total. The van der Waals surface area contributed by atoms with Gasteiger partial charge in [0.15, 0.2) is 0 Å². The number of rotatable bonds is 7. The van der Waals surface area contributed by atoms with E-state index in [1.807, 2.05) is 47.8 Å². The van der Waals surface area contributed by atoms with Crippen molar-refractivity contribution in [2.45, 2.75) is 19.3 Å². The number of halogens is 1. The van der Waals surface area contributed by atoms with Crippen LogP contribution < -0.4 is 5.56 Å². The van der Waals surface area contributed by atoms with Crippen molar-refractivity contribution in [3.63, 3.8) is 0 Å². The van der Waals surface area contributed by atoms with E-state index in [2.05, 4.69) is 5.10 Å². The van der Waals surface area contributed by atoms with E-state index < -0.39 is 6.10 Å². The molecule has 1 N–H and O–H groups in total. The van der Waals surface area contributed by atoms with Gasteiger partial charge in [-0.15, -0.1) is 11.3 Å². The number of hydrogen-bond donors (Lipinski definition) is 1. The second-order valence-corrected chi connectivity index (χ2v) is 8.04. The Bertz CT molecular complexity index is 1160. The van der Waals surface area contributed by atoms with Gasteiger partial charge in [0.2, 0.25) is 0 Å². The maximum absolute atomic E-state index is 12.9. The molecule has 0 aliphatic rings. The van der Waals surface area contributed by atoms with Crippen molar-refractivity contribution in [1.29, 1.82) is 0 Å². The van der Waals surface area contributed by atoms with Crippen LogP contribution in [0, 0.1) is 0 Å². The Hall–Kier alpha value is -2.51. The van der Waals surface area contributed by atoms with Crippen LogP contribution in [0.1, 0.15) is 5.56 Å². The molecule has 0 amide bonds. The van der Waals surface area contributed by atoms with Gasteiger partial charge in [-0.1, -0.05) is 48.0 Å². The highest BCUT2D eigenvalue weighted by Gasteiger charge is 2.15. The van der Waals surface area contributed by atoms with E-state index in [1.165, 1.54) is 4.68 Å². The van der Waals surface area contributed by atoms with Crippen LogP contribution >= 0.6 is 22.9 Å². The third-order valence-electron chi connectivity index (χ3n) is 4.50. The van der Waals surface area contributed by atoms with E-state index in [1.54, 1.807) is 29.5 Å². The Morgan fingerprint density at radius 1 is 1.07 bits per heavy atom. The summed E-state index contributed by atoms with van der Waals surface area (Å²) in [6.07, 6.45) is -0.857. The molecule has 148 valence electrons. The summed E-state index contributed by atoms with van der Waals surface area (Å²) in [5.41, 5.74) is 1.48. The fraction of sp³-hybridized carbons (Fsp3) is 0.182. The van der Waals surface area contributed by atoms with Crippen molar-refractivity contribution in [2.24, 2.45) is 0 Å². The minimum atomic E-state index is -0.857. The van der Waals surface area contributed by atoms with Gasteiger partial charge in [-0.05, 0) is 35.2 Å². The van der Waals surface area contributed by atoms with Crippen LogP contribution in [0.4, 0.5) is 0 Å². The van der Waals surface area contributed by atoms with Gasteiger partial charge in [-0.3, -0.25) is 4.79 Å². The average molecular weight is 427 g/mol. The Labute approximate surface area is 176 Å². The topological polar surface area (TPSA) is 64.4 Å². The zero-order valence-corrected chi connectivity index (χ0v) is 17.1. The molecule has 2 heterocycles. The lowest BCUT2D eigenvalue weighted by Crippen LogP contribution is -2.31. The largest absolute Gasteiger partial charge is 0.389 e. The van der Waals surface area contributed by atoms with Crippen LogP contribution in [0.3, 0.4) is 0 Å². The Kier molecular flexibility index (Phi) is 6.06. The van der Waals surface area contributed by atoms with Gasteiger partial charge in [0.25, 0.3) is 5.56 Å². The number of thiophene rings is 1. The standard InChI is InChI=1S/C22H19ClN2O3S/c23-16-9-7-15(8-10-16)13-28-14-17(26)12-25-22(27)19-5-2-1-4-18(19)21(24-25)20-6-3-11-29-20/h1-11,17,26H,12-14H2. The molecule has 2 aromatic heterocycles. The molecule has 0 saturated heterocycles. The summed E-state index contributed by atoms with van der Waals surface area (Å²) < 4.78 is 6.92. The van der Waals surface area contributed by atoms with E-state index in [0.717, 1.165) is 21.5 Å². The number of ether oxygens (including phenoxy) is 1. The molecule has 0 fully saturated rings. The summed E-state index contributed by atoms with van der Waals surface area (Å²) in [4.78, 5) is 13.8. The highest BCUT2D eigenvalue weighted by Crippen LogP contribution is 2.28. The molecule has 0 saturated carbocycles. The van der Waals surface area contributed by atoms with E-state index in [4.69, 9.17) is 16.3 Å². The zero-order chi connectivity index (χ0) is 20.2. The predicted octanol–water partition coefficient (Wildman–Crippen LogP) is 4.36. The number of aromatic nitrogens is 2. The lowest BCUT2D eigenvalue weighted by Gasteiger charge is -2.14. The van der Waals surface area contributed by atoms with Crippen molar-refractivity contribution >= 4 is 33.7 Å². The summed E-state index contributed by atoms with van der Waals surface area (Å²) in [6.45, 7) is 0.509. The second-order valence-electron chi connectivity index (χ2n) is 6.65. The van der Waals surface area contributed by atoms with Crippen molar-refractivity contribution in [3.8, 4) is 10.6 Å². The fourth-order valence-corrected chi connectivity index (χ4v) is 3.95. The maximum Gasteiger partial charge on any atom is 0.274 e. The highest BCUT2D eigenvalue weighted by atomic mass is 35.5. The van der Waals surface area contributed by atoms with E-state index in [0.29, 0.717) is 17.0 Å². The molecule has 1 atom stereocenters. The lowest BCUT2D eigenvalue weighted by atomic mass is 10.1.